The maximum atomic E-state index is 12.5. The van der Waals surface area contributed by atoms with Crippen LogP contribution in [-0.2, 0) is 33.6 Å². The lowest BCUT2D eigenvalue weighted by Gasteiger charge is -2.28. The Bertz CT molecular complexity index is 892. The highest BCUT2D eigenvalue weighted by Crippen LogP contribution is 2.03. The fourth-order valence-electron chi connectivity index (χ4n) is 3.71. The minimum atomic E-state index is -1.27. The first kappa shape index (κ1) is 39.9. The summed E-state index contributed by atoms with van der Waals surface area (Å²) in [7, 11) is 0. The summed E-state index contributed by atoms with van der Waals surface area (Å²) in [5, 5.41) is 51.2. The van der Waals surface area contributed by atoms with E-state index in [9.17, 15) is 59.1 Å². The molecule has 0 saturated carbocycles. The van der Waals surface area contributed by atoms with Gasteiger partial charge in [-0.25, -0.2) is 9.59 Å². The fraction of sp³-hybridized carbons (Fsp3) is 0.708. The molecule has 0 radical (unpaired) electrons. The van der Waals surface area contributed by atoms with Gasteiger partial charge < -0.3 is 36.2 Å². The number of thioether (sulfide) groups is 2. The third-order valence-corrected chi connectivity index (χ3v) is 7.05. The zero-order valence-corrected chi connectivity index (χ0v) is 25.7. The lowest BCUT2D eigenvalue weighted by Crippen LogP contribution is -2.50. The molecule has 17 nitrogen and oxygen atoms in total. The predicted octanol–water partition coefficient (Wildman–Crippen LogP) is -2.21. The molecule has 0 heterocycles. The van der Waals surface area contributed by atoms with Gasteiger partial charge in [-0.1, -0.05) is 0 Å². The van der Waals surface area contributed by atoms with Gasteiger partial charge in [-0.2, -0.15) is 23.5 Å². The van der Waals surface area contributed by atoms with E-state index >= 15 is 0 Å². The number of hydrogen-bond donors (Lipinski definition) is 7. The molecule has 0 fully saturated rings. The molecule has 246 valence electrons. The van der Waals surface area contributed by atoms with E-state index in [0.29, 0.717) is 11.5 Å². The average Bonchev–Trinajstić information content (AvgIpc) is 2.88. The number of carboxylic acids is 5. The van der Waals surface area contributed by atoms with E-state index in [1.165, 1.54) is 38.2 Å². The number of carboxylic acid groups (broad SMARTS) is 5. The van der Waals surface area contributed by atoms with Crippen LogP contribution in [0.1, 0.15) is 12.8 Å². The standard InChI is InChI=1S/C24H41N5O12S2/c1-42-9-3-16(23(38)39)25-18(30)11-28(14-21(34)35)7-5-27(13-20(32)33)6-8-29(15-22(36)37)12-19(31)26-17(24(40)41)4-10-43-2/h16-17H,3-15H2,1-2H3,(H,25,30)(H,26,31)(H,32,33)(H,34,35)(H,36,37)(H,38,39)(H,40,41). The molecule has 0 aliphatic rings. The number of nitrogens with zero attached hydrogens (tertiary/aromatic N) is 3. The van der Waals surface area contributed by atoms with E-state index in [0.717, 1.165) is 0 Å². The SMILES string of the molecule is CSCCC(NC(=O)CN(CCN(CCN(CC(=O)O)CC(=O)NC(CCSC)C(=O)O)CC(=O)O)CC(=O)O)C(=O)O. The third kappa shape index (κ3) is 20.4. The number of rotatable bonds is 26. The summed E-state index contributed by atoms with van der Waals surface area (Å²) < 4.78 is 0. The van der Waals surface area contributed by atoms with E-state index < -0.39 is 86.5 Å². The zero-order chi connectivity index (χ0) is 32.9. The van der Waals surface area contributed by atoms with Crippen LogP contribution >= 0.6 is 23.5 Å². The van der Waals surface area contributed by atoms with Crippen LogP contribution in [0, 0.1) is 0 Å². The molecule has 0 aliphatic carbocycles. The fourth-order valence-corrected chi connectivity index (χ4v) is 4.65. The van der Waals surface area contributed by atoms with Crippen molar-refractivity contribution in [2.75, 3.05) is 82.9 Å². The number of carbonyl (C=O) groups is 7. The molecule has 0 aromatic carbocycles. The number of nitrogens with one attached hydrogen (secondary N) is 2. The lowest BCUT2D eigenvalue weighted by atomic mass is 10.2. The summed E-state index contributed by atoms with van der Waals surface area (Å²) in [5.41, 5.74) is 0. The van der Waals surface area contributed by atoms with E-state index in [4.69, 9.17) is 0 Å². The third-order valence-electron chi connectivity index (χ3n) is 5.76. The summed E-state index contributed by atoms with van der Waals surface area (Å²) in [4.78, 5) is 85.7. The molecule has 0 bridgehead atoms. The van der Waals surface area contributed by atoms with Crippen LogP contribution in [0.15, 0.2) is 0 Å². The maximum absolute atomic E-state index is 12.5. The Labute approximate surface area is 257 Å². The van der Waals surface area contributed by atoms with Crippen molar-refractivity contribution in [1.82, 2.24) is 25.3 Å². The van der Waals surface area contributed by atoms with Gasteiger partial charge in [-0.3, -0.25) is 38.7 Å². The Morgan fingerprint density at radius 3 is 1.12 bits per heavy atom. The minimum absolute atomic E-state index is 0.0649. The van der Waals surface area contributed by atoms with Gasteiger partial charge in [0.05, 0.1) is 32.7 Å². The summed E-state index contributed by atoms with van der Waals surface area (Å²) >= 11 is 2.79. The molecule has 2 atom stereocenters. The molecule has 0 aromatic rings. The quantitative estimate of drug-likeness (QED) is 0.0521. The normalized spacial score (nSPS) is 12.6. The molecule has 2 amide bonds. The number of hydrogen-bond acceptors (Lipinski definition) is 12. The number of amides is 2. The molecule has 0 spiro atoms. The van der Waals surface area contributed by atoms with E-state index in [2.05, 4.69) is 10.6 Å². The highest BCUT2D eigenvalue weighted by molar-refractivity contribution is 7.98. The first-order chi connectivity index (χ1) is 20.2. The van der Waals surface area contributed by atoms with Crippen LogP contribution in [0.2, 0.25) is 0 Å². The minimum Gasteiger partial charge on any atom is -0.480 e. The van der Waals surface area contributed by atoms with E-state index in [-0.39, 0.29) is 39.0 Å². The van der Waals surface area contributed by atoms with Crippen molar-refractivity contribution in [3.8, 4) is 0 Å². The first-order valence-corrected chi connectivity index (χ1v) is 15.8. The average molecular weight is 656 g/mol. The summed E-state index contributed by atoms with van der Waals surface area (Å²) in [5.74, 6) is -6.77. The van der Waals surface area contributed by atoms with Crippen molar-refractivity contribution in [3.05, 3.63) is 0 Å². The number of aliphatic carboxylic acids is 5. The highest BCUT2D eigenvalue weighted by atomic mass is 32.2. The largest absolute Gasteiger partial charge is 0.480 e. The molecular formula is C24H41N5O12S2. The number of carbonyl (C=O) groups excluding carboxylic acids is 2. The van der Waals surface area contributed by atoms with Gasteiger partial charge in [-0.05, 0) is 36.9 Å². The van der Waals surface area contributed by atoms with Crippen molar-refractivity contribution < 1.29 is 59.1 Å². The maximum Gasteiger partial charge on any atom is 0.326 e. The van der Waals surface area contributed by atoms with Crippen LogP contribution in [0.3, 0.4) is 0 Å². The Balaban J connectivity index is 5.39. The zero-order valence-electron chi connectivity index (χ0n) is 24.1. The summed E-state index contributed by atoms with van der Waals surface area (Å²) in [6.45, 7) is -2.99. The second-order valence-electron chi connectivity index (χ2n) is 9.36. The first-order valence-electron chi connectivity index (χ1n) is 13.0. The second-order valence-corrected chi connectivity index (χ2v) is 11.3. The molecule has 7 N–H and O–H groups in total. The van der Waals surface area contributed by atoms with Gasteiger partial charge in [0.2, 0.25) is 11.8 Å². The molecule has 0 rings (SSSR count). The van der Waals surface area contributed by atoms with Gasteiger partial charge in [0.25, 0.3) is 0 Å². The van der Waals surface area contributed by atoms with Crippen molar-refractivity contribution in [3.63, 3.8) is 0 Å². The van der Waals surface area contributed by atoms with Gasteiger partial charge in [-0.15, -0.1) is 0 Å². The van der Waals surface area contributed by atoms with Gasteiger partial charge in [0.1, 0.15) is 12.1 Å². The molecule has 0 saturated heterocycles. The summed E-state index contributed by atoms with van der Waals surface area (Å²) in [6, 6.07) is -2.33. The van der Waals surface area contributed by atoms with Crippen molar-refractivity contribution in [1.29, 1.82) is 0 Å². The molecule has 19 heteroatoms. The van der Waals surface area contributed by atoms with E-state index in [1.807, 2.05) is 0 Å². The Morgan fingerprint density at radius 1 is 0.535 bits per heavy atom. The van der Waals surface area contributed by atoms with Gasteiger partial charge >= 0.3 is 29.8 Å². The van der Waals surface area contributed by atoms with Crippen molar-refractivity contribution in [2.24, 2.45) is 0 Å². The Morgan fingerprint density at radius 2 is 0.837 bits per heavy atom. The lowest BCUT2D eigenvalue weighted by molar-refractivity contribution is -0.143. The smallest absolute Gasteiger partial charge is 0.326 e. The molecule has 0 aromatic heterocycles. The molecule has 0 aliphatic heterocycles. The Hall–Kier alpha value is -3.13. The molecular weight excluding hydrogens is 614 g/mol. The van der Waals surface area contributed by atoms with Crippen LogP contribution < -0.4 is 10.6 Å². The Kier molecular flexibility index (Phi) is 20.8. The highest BCUT2D eigenvalue weighted by Gasteiger charge is 2.24. The van der Waals surface area contributed by atoms with Crippen LogP contribution in [0.5, 0.6) is 0 Å². The molecule has 2 unspecified atom stereocenters. The van der Waals surface area contributed by atoms with Gasteiger partial charge in [0.15, 0.2) is 0 Å². The van der Waals surface area contributed by atoms with Crippen molar-refractivity contribution >= 4 is 65.2 Å². The molecule has 43 heavy (non-hydrogen) atoms. The second kappa shape index (κ2) is 22.4. The monoisotopic (exact) mass is 655 g/mol. The van der Waals surface area contributed by atoms with Crippen molar-refractivity contribution in [2.45, 2.75) is 24.9 Å². The van der Waals surface area contributed by atoms with E-state index in [1.54, 1.807) is 12.5 Å². The van der Waals surface area contributed by atoms with Gasteiger partial charge in [0, 0.05) is 26.2 Å². The van der Waals surface area contributed by atoms with Crippen LogP contribution in [0.25, 0.3) is 0 Å². The topological polar surface area (TPSA) is 254 Å². The summed E-state index contributed by atoms with van der Waals surface area (Å²) in [6.07, 6.45) is 3.87. The van der Waals surface area contributed by atoms with Crippen LogP contribution in [0.4, 0.5) is 0 Å². The van der Waals surface area contributed by atoms with Crippen LogP contribution in [-0.4, -0.2) is 177 Å². The predicted molar refractivity (Wildman–Crippen MR) is 157 cm³/mol.